The van der Waals surface area contributed by atoms with Crippen LogP contribution in [0.1, 0.15) is 49.0 Å². The van der Waals surface area contributed by atoms with Crippen molar-refractivity contribution in [2.24, 2.45) is 0 Å². The van der Waals surface area contributed by atoms with Crippen LogP contribution < -0.4 is 0 Å². The van der Waals surface area contributed by atoms with Crippen LogP contribution in [0.4, 0.5) is 0 Å². The van der Waals surface area contributed by atoms with Gasteiger partial charge in [-0.05, 0) is 23.8 Å². The van der Waals surface area contributed by atoms with Gasteiger partial charge in [0.25, 0.3) is 0 Å². The third kappa shape index (κ3) is 4.17. The minimum atomic E-state index is -0.491. The van der Waals surface area contributed by atoms with Gasteiger partial charge in [0.15, 0.2) is 5.78 Å². The molecular weight excluding hydrogens is 256 g/mol. The average Bonchev–Trinajstić information content (AvgIpc) is 2.46. The molecule has 0 aromatic heterocycles. The normalized spacial score (nSPS) is 11.2. The predicted molar refractivity (Wildman–Crippen MR) is 76.8 cm³/mol. The maximum Gasteiger partial charge on any atom is 0.305 e. The molecule has 1 N–H and O–H groups in total. The highest BCUT2D eigenvalue weighted by atomic mass is 16.5. The number of Topliss-reactive ketones (excluding diaryl/α,β-unsaturated/α-hetero) is 1. The second kappa shape index (κ2) is 7.20. The van der Waals surface area contributed by atoms with E-state index in [1.807, 2.05) is 26.0 Å². The number of aliphatic hydroxyl groups excluding tert-OH is 1. The monoisotopic (exact) mass is 278 g/mol. The van der Waals surface area contributed by atoms with Gasteiger partial charge in [0.2, 0.25) is 0 Å². The number of carbonyl (C=O) groups is 2. The summed E-state index contributed by atoms with van der Waals surface area (Å²) in [7, 11) is 1.38. The number of hydrogen-bond donors (Lipinski definition) is 1. The number of methoxy groups -OCH3 is 1. The van der Waals surface area contributed by atoms with Crippen molar-refractivity contribution in [1.29, 1.82) is 0 Å². The molecule has 0 bridgehead atoms. The Hall–Kier alpha value is -1.68. The standard InChI is InChI=1S/C16H22O4/c1-16(2,10-6-9-15(19)20-3)13-8-5-4-7-12(13)14(18)11-17/h4-5,7-8,17H,6,9-11H2,1-3H3. The molecule has 0 saturated carbocycles. The highest BCUT2D eigenvalue weighted by Crippen LogP contribution is 2.31. The number of benzene rings is 1. The van der Waals surface area contributed by atoms with Gasteiger partial charge in [0.1, 0.15) is 6.61 Å². The number of ketones is 1. The van der Waals surface area contributed by atoms with Crippen LogP contribution >= 0.6 is 0 Å². The lowest BCUT2D eigenvalue weighted by Gasteiger charge is -2.27. The van der Waals surface area contributed by atoms with Gasteiger partial charge in [0.05, 0.1) is 7.11 Å². The van der Waals surface area contributed by atoms with Gasteiger partial charge >= 0.3 is 5.97 Å². The second-order valence-electron chi connectivity index (χ2n) is 5.44. The van der Waals surface area contributed by atoms with Gasteiger partial charge in [-0.1, -0.05) is 38.1 Å². The SMILES string of the molecule is COC(=O)CCCC(C)(C)c1ccccc1C(=O)CO. The Labute approximate surface area is 119 Å². The molecule has 20 heavy (non-hydrogen) atoms. The lowest BCUT2D eigenvalue weighted by atomic mass is 9.77. The van der Waals surface area contributed by atoms with E-state index in [-0.39, 0.29) is 17.2 Å². The van der Waals surface area contributed by atoms with Crippen molar-refractivity contribution in [1.82, 2.24) is 0 Å². The molecule has 0 heterocycles. The number of carbonyl (C=O) groups excluding carboxylic acids is 2. The van der Waals surface area contributed by atoms with Gasteiger partial charge in [-0.3, -0.25) is 9.59 Å². The number of aliphatic hydroxyl groups is 1. The fourth-order valence-corrected chi connectivity index (χ4v) is 2.31. The van der Waals surface area contributed by atoms with Gasteiger partial charge < -0.3 is 9.84 Å². The zero-order valence-electron chi connectivity index (χ0n) is 12.3. The smallest absolute Gasteiger partial charge is 0.305 e. The van der Waals surface area contributed by atoms with E-state index < -0.39 is 6.61 Å². The molecule has 0 aliphatic heterocycles. The maximum atomic E-state index is 11.8. The number of rotatable bonds is 7. The van der Waals surface area contributed by atoms with Crippen molar-refractivity contribution in [3.63, 3.8) is 0 Å². The Bertz CT molecular complexity index is 477. The molecule has 0 spiro atoms. The zero-order valence-corrected chi connectivity index (χ0v) is 12.3. The van der Waals surface area contributed by atoms with Crippen LogP contribution in [0.25, 0.3) is 0 Å². The van der Waals surface area contributed by atoms with Crippen molar-refractivity contribution < 1.29 is 19.4 Å². The Kier molecular flexibility index (Phi) is 5.89. The molecule has 0 aliphatic rings. The fraction of sp³-hybridized carbons (Fsp3) is 0.500. The molecule has 0 radical (unpaired) electrons. The number of esters is 1. The van der Waals surface area contributed by atoms with E-state index >= 15 is 0 Å². The quantitative estimate of drug-likeness (QED) is 0.615. The van der Waals surface area contributed by atoms with E-state index in [9.17, 15) is 9.59 Å². The minimum absolute atomic E-state index is 0.222. The van der Waals surface area contributed by atoms with Gasteiger partial charge in [-0.15, -0.1) is 0 Å². The van der Waals surface area contributed by atoms with E-state index in [2.05, 4.69) is 4.74 Å². The lowest BCUT2D eigenvalue weighted by Crippen LogP contribution is -2.22. The third-order valence-corrected chi connectivity index (χ3v) is 3.51. The summed E-state index contributed by atoms with van der Waals surface area (Å²) in [6.45, 7) is 3.58. The summed E-state index contributed by atoms with van der Waals surface area (Å²) in [6, 6.07) is 7.31. The molecule has 4 heteroatoms. The fourth-order valence-electron chi connectivity index (χ4n) is 2.31. The average molecular weight is 278 g/mol. The Morgan fingerprint density at radius 3 is 2.50 bits per heavy atom. The van der Waals surface area contributed by atoms with Crippen LogP contribution in [0.2, 0.25) is 0 Å². The Morgan fingerprint density at radius 1 is 1.25 bits per heavy atom. The van der Waals surface area contributed by atoms with Crippen molar-refractivity contribution in [2.75, 3.05) is 13.7 Å². The van der Waals surface area contributed by atoms with E-state index in [0.29, 0.717) is 18.4 Å². The molecule has 0 saturated heterocycles. The summed E-state index contributed by atoms with van der Waals surface area (Å²) in [6.07, 6.45) is 1.83. The van der Waals surface area contributed by atoms with Crippen molar-refractivity contribution in [2.45, 2.75) is 38.5 Å². The molecule has 1 rings (SSSR count). The second-order valence-corrected chi connectivity index (χ2v) is 5.44. The summed E-state index contributed by atoms with van der Waals surface area (Å²) in [4.78, 5) is 22.9. The molecule has 0 amide bonds. The first-order chi connectivity index (χ1) is 9.42. The summed E-state index contributed by atoms with van der Waals surface area (Å²) in [5.41, 5.74) is 1.22. The van der Waals surface area contributed by atoms with Crippen molar-refractivity contribution in [3.05, 3.63) is 35.4 Å². The molecule has 0 unspecified atom stereocenters. The van der Waals surface area contributed by atoms with E-state index in [0.717, 1.165) is 12.0 Å². The van der Waals surface area contributed by atoms with Crippen LogP contribution in [-0.4, -0.2) is 30.6 Å². The molecule has 110 valence electrons. The lowest BCUT2D eigenvalue weighted by molar-refractivity contribution is -0.140. The first kappa shape index (κ1) is 16.4. The summed E-state index contributed by atoms with van der Waals surface area (Å²) in [5, 5.41) is 9.05. The highest BCUT2D eigenvalue weighted by Gasteiger charge is 2.25. The summed E-state index contributed by atoms with van der Waals surface area (Å²) in [5.74, 6) is -0.498. The molecule has 0 fully saturated rings. The predicted octanol–water partition coefficient (Wildman–Crippen LogP) is 2.48. The zero-order chi connectivity index (χ0) is 15.2. The molecule has 0 aliphatic carbocycles. The van der Waals surface area contributed by atoms with E-state index in [1.165, 1.54) is 7.11 Å². The molecule has 4 nitrogen and oxygen atoms in total. The highest BCUT2D eigenvalue weighted by molar-refractivity contribution is 5.98. The van der Waals surface area contributed by atoms with Crippen LogP contribution in [-0.2, 0) is 14.9 Å². The minimum Gasteiger partial charge on any atom is -0.469 e. The third-order valence-electron chi connectivity index (χ3n) is 3.51. The van der Waals surface area contributed by atoms with Crippen molar-refractivity contribution in [3.8, 4) is 0 Å². The van der Waals surface area contributed by atoms with Crippen LogP contribution in [0.15, 0.2) is 24.3 Å². The molecule has 0 atom stereocenters. The van der Waals surface area contributed by atoms with Gasteiger partial charge in [0, 0.05) is 12.0 Å². The topological polar surface area (TPSA) is 63.6 Å². The Morgan fingerprint density at radius 2 is 1.90 bits per heavy atom. The number of hydrogen-bond acceptors (Lipinski definition) is 4. The van der Waals surface area contributed by atoms with Crippen LogP contribution in [0, 0.1) is 0 Å². The Balaban J connectivity index is 2.86. The van der Waals surface area contributed by atoms with Gasteiger partial charge in [-0.2, -0.15) is 0 Å². The molecule has 1 aromatic rings. The first-order valence-electron chi connectivity index (χ1n) is 6.72. The molecular formula is C16H22O4. The first-order valence-corrected chi connectivity index (χ1v) is 6.72. The van der Waals surface area contributed by atoms with E-state index in [1.54, 1.807) is 12.1 Å². The van der Waals surface area contributed by atoms with E-state index in [4.69, 9.17) is 5.11 Å². The van der Waals surface area contributed by atoms with Crippen LogP contribution in [0.5, 0.6) is 0 Å². The maximum absolute atomic E-state index is 11.8. The largest absolute Gasteiger partial charge is 0.469 e. The van der Waals surface area contributed by atoms with Crippen LogP contribution in [0.3, 0.4) is 0 Å². The summed E-state index contributed by atoms with van der Waals surface area (Å²) >= 11 is 0. The summed E-state index contributed by atoms with van der Waals surface area (Å²) < 4.78 is 4.62. The van der Waals surface area contributed by atoms with Crippen molar-refractivity contribution >= 4 is 11.8 Å². The number of ether oxygens (including phenoxy) is 1. The van der Waals surface area contributed by atoms with Gasteiger partial charge in [-0.25, -0.2) is 0 Å². The molecule has 1 aromatic carbocycles.